The highest BCUT2D eigenvalue weighted by Gasteiger charge is 2.52. The van der Waals surface area contributed by atoms with Gasteiger partial charge in [-0.3, -0.25) is 0 Å². The van der Waals surface area contributed by atoms with E-state index in [4.69, 9.17) is 23.7 Å². The number of ether oxygens (including phenoxy) is 5. The van der Waals surface area contributed by atoms with Crippen LogP contribution in [0.25, 0.3) is 0 Å². The van der Waals surface area contributed by atoms with E-state index < -0.39 is 112 Å². The fraction of sp³-hybridized carbons (Fsp3) is 1.00. The van der Waals surface area contributed by atoms with E-state index in [0.717, 1.165) is 0 Å². The van der Waals surface area contributed by atoms with E-state index in [2.05, 4.69) is 0 Å². The van der Waals surface area contributed by atoms with Crippen LogP contribution in [-0.2, 0) is 23.7 Å². The van der Waals surface area contributed by atoms with Crippen LogP contribution in [-0.4, -0.2) is 163 Å². The van der Waals surface area contributed by atoms with Crippen molar-refractivity contribution in [3.63, 3.8) is 0 Å². The van der Waals surface area contributed by atoms with Gasteiger partial charge in [0.15, 0.2) is 12.6 Å². The molecule has 15 unspecified atom stereocenters. The van der Waals surface area contributed by atoms with Crippen LogP contribution in [0.4, 0.5) is 0 Å². The summed E-state index contributed by atoms with van der Waals surface area (Å²) in [7, 11) is 0. The lowest BCUT2D eigenvalue weighted by Crippen LogP contribution is -2.65. The SMILES string of the molecule is CC1OC(COC2C(O)C(O)OC(CO)C2OC2OC(CO)C(O)C(O)C2O)C(O)C(O)C1O. The number of aliphatic hydroxyl groups is 10. The highest BCUT2D eigenvalue weighted by atomic mass is 16.7. The van der Waals surface area contributed by atoms with Crippen molar-refractivity contribution in [2.75, 3.05) is 19.8 Å². The largest absolute Gasteiger partial charge is 0.394 e. The van der Waals surface area contributed by atoms with Gasteiger partial charge in [-0.25, -0.2) is 0 Å². The average Bonchev–Trinajstić information content (AvgIpc) is 2.82. The summed E-state index contributed by atoms with van der Waals surface area (Å²) in [5, 5.41) is 99.8. The second-order valence-corrected chi connectivity index (χ2v) is 8.69. The Morgan fingerprint density at radius 3 is 1.79 bits per heavy atom. The van der Waals surface area contributed by atoms with Crippen LogP contribution in [0.5, 0.6) is 0 Å². The molecule has 0 saturated carbocycles. The van der Waals surface area contributed by atoms with Crippen molar-refractivity contribution in [1.82, 2.24) is 0 Å². The molecule has 10 N–H and O–H groups in total. The molecule has 3 aliphatic rings. The van der Waals surface area contributed by atoms with Gasteiger partial charge in [-0.15, -0.1) is 0 Å². The van der Waals surface area contributed by atoms with Crippen molar-refractivity contribution in [2.45, 2.75) is 98.9 Å². The number of hydrogen-bond donors (Lipinski definition) is 10. The van der Waals surface area contributed by atoms with Crippen LogP contribution < -0.4 is 0 Å². The zero-order chi connectivity index (χ0) is 25.3. The second kappa shape index (κ2) is 11.6. The molecule has 0 aromatic carbocycles. The summed E-state index contributed by atoms with van der Waals surface area (Å²) in [6.45, 7) is -0.459. The maximum Gasteiger partial charge on any atom is 0.187 e. The minimum absolute atomic E-state index is 0.462. The molecule has 0 aromatic rings. The quantitative estimate of drug-likeness (QED) is 0.155. The predicted molar refractivity (Wildman–Crippen MR) is 105 cm³/mol. The Labute approximate surface area is 194 Å². The maximum atomic E-state index is 10.5. The first-order valence-corrected chi connectivity index (χ1v) is 10.9. The van der Waals surface area contributed by atoms with E-state index in [1.165, 1.54) is 6.92 Å². The van der Waals surface area contributed by atoms with Gasteiger partial charge in [-0.1, -0.05) is 0 Å². The lowest BCUT2D eigenvalue weighted by Gasteiger charge is -2.47. The number of aliphatic hydroxyl groups excluding tert-OH is 10. The molecule has 0 amide bonds. The molecule has 200 valence electrons. The molecule has 0 aliphatic carbocycles. The predicted octanol–water partition coefficient (Wildman–Crippen LogP) is -6.50. The highest BCUT2D eigenvalue weighted by molar-refractivity contribution is 4.96. The normalized spacial score (nSPS) is 52.5. The van der Waals surface area contributed by atoms with Crippen molar-refractivity contribution in [1.29, 1.82) is 0 Å². The van der Waals surface area contributed by atoms with Crippen molar-refractivity contribution in [2.24, 2.45) is 0 Å². The van der Waals surface area contributed by atoms with Gasteiger partial charge in [-0.2, -0.15) is 0 Å². The Hall–Kier alpha value is -0.600. The molecule has 0 bridgehead atoms. The summed E-state index contributed by atoms with van der Waals surface area (Å²) >= 11 is 0. The first kappa shape index (κ1) is 28.0. The second-order valence-electron chi connectivity index (χ2n) is 8.69. The van der Waals surface area contributed by atoms with Crippen LogP contribution in [0.15, 0.2) is 0 Å². The first-order valence-electron chi connectivity index (χ1n) is 10.9. The minimum Gasteiger partial charge on any atom is -0.394 e. The monoisotopic (exact) mass is 502 g/mol. The topological polar surface area (TPSA) is 248 Å². The summed E-state index contributed by atoms with van der Waals surface area (Å²) in [6, 6.07) is 0. The third-order valence-corrected chi connectivity index (χ3v) is 6.36. The minimum atomic E-state index is -1.82. The van der Waals surface area contributed by atoms with E-state index in [1.807, 2.05) is 0 Å². The van der Waals surface area contributed by atoms with Crippen LogP contribution in [0.3, 0.4) is 0 Å². The molecule has 15 atom stereocenters. The Morgan fingerprint density at radius 1 is 0.588 bits per heavy atom. The molecule has 0 spiro atoms. The Kier molecular flexibility index (Phi) is 9.57. The average molecular weight is 502 g/mol. The standard InChI is InChI=1S/C19H34O15/c1-5-9(22)12(25)11(24)8(31-5)4-30-17-15(28)18(29)32-7(3-21)16(17)34-19-14(27)13(26)10(23)6(2-20)33-19/h5-29H,2-4H2,1H3. The zero-order valence-corrected chi connectivity index (χ0v) is 18.3. The molecule has 15 nitrogen and oxygen atoms in total. The molecule has 3 rings (SSSR count). The Morgan fingerprint density at radius 2 is 1.18 bits per heavy atom. The molecular weight excluding hydrogens is 468 g/mol. The lowest BCUT2D eigenvalue weighted by atomic mass is 9.95. The summed E-state index contributed by atoms with van der Waals surface area (Å²) in [5.41, 5.74) is 0. The molecule has 34 heavy (non-hydrogen) atoms. The molecule has 15 heteroatoms. The maximum absolute atomic E-state index is 10.5. The van der Waals surface area contributed by atoms with Crippen molar-refractivity contribution in [3.8, 4) is 0 Å². The van der Waals surface area contributed by atoms with E-state index >= 15 is 0 Å². The molecule has 0 aromatic heterocycles. The van der Waals surface area contributed by atoms with E-state index in [1.54, 1.807) is 0 Å². The molecule has 0 radical (unpaired) electrons. The van der Waals surface area contributed by atoms with Crippen molar-refractivity contribution >= 4 is 0 Å². The number of rotatable bonds is 7. The van der Waals surface area contributed by atoms with Crippen molar-refractivity contribution < 1.29 is 74.7 Å². The fourth-order valence-electron chi connectivity index (χ4n) is 4.23. The van der Waals surface area contributed by atoms with Crippen LogP contribution in [0.2, 0.25) is 0 Å². The van der Waals surface area contributed by atoms with Crippen LogP contribution >= 0.6 is 0 Å². The molecule has 3 saturated heterocycles. The Bertz CT molecular complexity index is 639. The van der Waals surface area contributed by atoms with Gasteiger partial charge in [0.1, 0.15) is 73.2 Å². The summed E-state index contributed by atoms with van der Waals surface area (Å²) in [4.78, 5) is 0. The van der Waals surface area contributed by atoms with E-state index in [9.17, 15) is 51.1 Å². The zero-order valence-electron chi connectivity index (χ0n) is 18.3. The Balaban J connectivity index is 1.76. The summed E-state index contributed by atoms with van der Waals surface area (Å²) in [6.07, 6.45) is -22.4. The molecule has 3 heterocycles. The third kappa shape index (κ3) is 5.54. The van der Waals surface area contributed by atoms with Gasteiger partial charge in [0.25, 0.3) is 0 Å². The molecule has 3 aliphatic heterocycles. The third-order valence-electron chi connectivity index (χ3n) is 6.36. The van der Waals surface area contributed by atoms with Gasteiger partial charge >= 0.3 is 0 Å². The summed E-state index contributed by atoms with van der Waals surface area (Å²) in [5.74, 6) is 0. The van der Waals surface area contributed by atoms with E-state index in [0.29, 0.717) is 0 Å². The smallest absolute Gasteiger partial charge is 0.187 e. The number of hydrogen-bond acceptors (Lipinski definition) is 15. The van der Waals surface area contributed by atoms with Gasteiger partial charge in [-0.05, 0) is 6.92 Å². The van der Waals surface area contributed by atoms with Gasteiger partial charge < -0.3 is 74.7 Å². The first-order chi connectivity index (χ1) is 16.0. The van der Waals surface area contributed by atoms with Crippen LogP contribution in [0, 0.1) is 0 Å². The molecular formula is C19H34O15. The van der Waals surface area contributed by atoms with Crippen molar-refractivity contribution in [3.05, 3.63) is 0 Å². The summed E-state index contributed by atoms with van der Waals surface area (Å²) < 4.78 is 27.1. The molecule has 3 fully saturated rings. The van der Waals surface area contributed by atoms with Gasteiger partial charge in [0, 0.05) is 0 Å². The van der Waals surface area contributed by atoms with Crippen LogP contribution in [0.1, 0.15) is 6.92 Å². The van der Waals surface area contributed by atoms with E-state index in [-0.39, 0.29) is 0 Å². The fourth-order valence-corrected chi connectivity index (χ4v) is 4.23. The van der Waals surface area contributed by atoms with Gasteiger partial charge in [0.05, 0.1) is 25.9 Å². The lowest BCUT2D eigenvalue weighted by molar-refractivity contribution is -0.360. The highest BCUT2D eigenvalue weighted by Crippen LogP contribution is 2.31. The van der Waals surface area contributed by atoms with Gasteiger partial charge in [0.2, 0.25) is 0 Å².